The van der Waals surface area contributed by atoms with Crippen LogP contribution in [0.4, 0.5) is 0 Å². The van der Waals surface area contributed by atoms with Crippen LogP contribution < -0.4 is 10.6 Å². The van der Waals surface area contributed by atoms with Gasteiger partial charge < -0.3 is 15.7 Å². The number of carbonyl (C=O) groups is 2. The molecule has 0 radical (unpaired) electrons. The molecule has 0 fully saturated rings. The van der Waals surface area contributed by atoms with Crippen molar-refractivity contribution in [2.75, 3.05) is 13.6 Å². The lowest BCUT2D eigenvalue weighted by Crippen LogP contribution is -2.38. The maximum atomic E-state index is 11.0. The Morgan fingerprint density at radius 3 is 2.81 bits per heavy atom. The Hall–Kier alpha value is -1.40. The minimum Gasteiger partial charge on any atom is -0.388 e. The summed E-state index contributed by atoms with van der Waals surface area (Å²) in [5, 5.41) is 16.2. The van der Waals surface area contributed by atoms with Gasteiger partial charge in [0.05, 0.1) is 6.10 Å². The van der Waals surface area contributed by atoms with E-state index in [1.807, 2.05) is 17.5 Å². The lowest BCUT2D eigenvalue weighted by Gasteiger charge is -2.08. The summed E-state index contributed by atoms with van der Waals surface area (Å²) in [5.74, 6) is -1.36. The molecule has 88 valence electrons. The van der Waals surface area contributed by atoms with E-state index in [1.54, 1.807) is 0 Å². The zero-order valence-electron chi connectivity index (χ0n) is 8.90. The highest BCUT2D eigenvalue weighted by Crippen LogP contribution is 2.20. The van der Waals surface area contributed by atoms with Crippen molar-refractivity contribution in [2.24, 2.45) is 0 Å². The van der Waals surface area contributed by atoms with E-state index in [1.165, 1.54) is 18.4 Å². The number of amides is 2. The second-order valence-electron chi connectivity index (χ2n) is 3.15. The minimum atomic E-state index is -0.680. The first kappa shape index (κ1) is 12.7. The number of likely N-dealkylation sites (N-methyl/N-ethyl adjacent to an activating group) is 1. The van der Waals surface area contributed by atoms with E-state index in [2.05, 4.69) is 10.6 Å². The third-order valence-corrected chi connectivity index (χ3v) is 2.98. The molecule has 0 aliphatic rings. The van der Waals surface area contributed by atoms with Gasteiger partial charge in [-0.25, -0.2) is 0 Å². The fourth-order valence-electron chi connectivity index (χ4n) is 1.14. The Morgan fingerprint density at radius 2 is 2.25 bits per heavy atom. The zero-order chi connectivity index (χ0) is 12.0. The van der Waals surface area contributed by atoms with Gasteiger partial charge in [0.1, 0.15) is 0 Å². The molecule has 0 bridgehead atoms. The highest BCUT2D eigenvalue weighted by Gasteiger charge is 2.12. The Balaban J connectivity index is 2.26. The highest BCUT2D eigenvalue weighted by atomic mass is 32.1. The van der Waals surface area contributed by atoms with Crippen LogP contribution >= 0.6 is 11.3 Å². The number of hydrogen-bond acceptors (Lipinski definition) is 4. The van der Waals surface area contributed by atoms with Crippen molar-refractivity contribution in [1.29, 1.82) is 0 Å². The molecule has 3 N–H and O–H groups in total. The van der Waals surface area contributed by atoms with E-state index in [0.717, 1.165) is 4.88 Å². The number of aliphatic hydroxyl groups excluding tert-OH is 1. The molecule has 1 aromatic rings. The van der Waals surface area contributed by atoms with Gasteiger partial charge in [0.2, 0.25) is 0 Å². The van der Waals surface area contributed by atoms with Crippen LogP contribution in [0.3, 0.4) is 0 Å². The average molecular weight is 242 g/mol. The number of thiophene rings is 1. The summed E-state index contributed by atoms with van der Waals surface area (Å²) >= 11 is 1.46. The summed E-state index contributed by atoms with van der Waals surface area (Å²) < 4.78 is 0. The minimum absolute atomic E-state index is 0.269. The molecule has 1 aromatic heterocycles. The average Bonchev–Trinajstić information content (AvgIpc) is 2.81. The SMILES string of the molecule is CNC(=O)C(=O)NCCC(O)c1cccs1. The van der Waals surface area contributed by atoms with Crippen molar-refractivity contribution in [1.82, 2.24) is 10.6 Å². The van der Waals surface area contributed by atoms with Gasteiger partial charge in [-0.15, -0.1) is 11.3 Å². The number of carbonyl (C=O) groups excluding carboxylic acids is 2. The Kier molecular flexibility index (Phi) is 4.94. The second kappa shape index (κ2) is 6.24. The largest absolute Gasteiger partial charge is 0.388 e. The quantitative estimate of drug-likeness (QED) is 0.652. The molecule has 1 rings (SSSR count). The molecule has 5 nitrogen and oxygen atoms in total. The lowest BCUT2D eigenvalue weighted by molar-refractivity contribution is -0.138. The number of rotatable bonds is 4. The first-order valence-corrected chi connectivity index (χ1v) is 5.74. The van der Waals surface area contributed by atoms with Crippen LogP contribution in [0.1, 0.15) is 17.4 Å². The van der Waals surface area contributed by atoms with E-state index in [-0.39, 0.29) is 6.54 Å². The van der Waals surface area contributed by atoms with Crippen molar-refractivity contribution < 1.29 is 14.7 Å². The topological polar surface area (TPSA) is 78.4 Å². The van der Waals surface area contributed by atoms with E-state index in [4.69, 9.17) is 0 Å². The first-order chi connectivity index (χ1) is 7.65. The van der Waals surface area contributed by atoms with E-state index in [9.17, 15) is 14.7 Å². The number of aliphatic hydroxyl groups is 1. The zero-order valence-corrected chi connectivity index (χ0v) is 9.71. The maximum Gasteiger partial charge on any atom is 0.309 e. The van der Waals surface area contributed by atoms with Crippen LogP contribution in [0.2, 0.25) is 0 Å². The van der Waals surface area contributed by atoms with Crippen molar-refractivity contribution in [3.63, 3.8) is 0 Å². The number of hydrogen-bond donors (Lipinski definition) is 3. The molecule has 16 heavy (non-hydrogen) atoms. The highest BCUT2D eigenvalue weighted by molar-refractivity contribution is 7.10. The summed E-state index contributed by atoms with van der Waals surface area (Å²) in [5.41, 5.74) is 0. The van der Waals surface area contributed by atoms with Crippen molar-refractivity contribution in [3.8, 4) is 0 Å². The van der Waals surface area contributed by atoms with Gasteiger partial charge >= 0.3 is 11.8 Å². The number of nitrogens with one attached hydrogen (secondary N) is 2. The first-order valence-electron chi connectivity index (χ1n) is 4.86. The second-order valence-corrected chi connectivity index (χ2v) is 4.13. The Labute approximate surface area is 97.5 Å². The Bertz CT molecular complexity index is 351. The molecule has 6 heteroatoms. The molecule has 0 aliphatic heterocycles. The summed E-state index contributed by atoms with van der Waals surface area (Å²) in [4.78, 5) is 22.7. The molecular formula is C10H14N2O3S. The summed E-state index contributed by atoms with van der Waals surface area (Å²) in [6.07, 6.45) is -0.200. The standard InChI is InChI=1S/C10H14N2O3S/c1-11-9(14)10(15)12-5-4-7(13)8-3-2-6-16-8/h2-3,6-7,13H,4-5H2,1H3,(H,11,14)(H,12,15). The van der Waals surface area contributed by atoms with Gasteiger partial charge in [0, 0.05) is 18.5 Å². The molecule has 1 heterocycles. The molecule has 0 aliphatic carbocycles. The molecular weight excluding hydrogens is 228 g/mol. The monoisotopic (exact) mass is 242 g/mol. The van der Waals surface area contributed by atoms with Crippen LogP contribution in [-0.2, 0) is 9.59 Å². The molecule has 1 unspecified atom stereocenters. The molecule has 0 saturated heterocycles. The molecule has 0 spiro atoms. The summed E-state index contributed by atoms with van der Waals surface area (Å²) in [7, 11) is 1.39. The van der Waals surface area contributed by atoms with Gasteiger partial charge in [0.25, 0.3) is 0 Å². The van der Waals surface area contributed by atoms with Gasteiger partial charge in [-0.05, 0) is 17.9 Å². The van der Waals surface area contributed by atoms with E-state index in [0.29, 0.717) is 6.42 Å². The predicted molar refractivity (Wildman–Crippen MR) is 61.0 cm³/mol. The van der Waals surface area contributed by atoms with Gasteiger partial charge in [-0.2, -0.15) is 0 Å². The van der Waals surface area contributed by atoms with Crippen LogP contribution in [0.15, 0.2) is 17.5 Å². The molecule has 0 aromatic carbocycles. The smallest absolute Gasteiger partial charge is 0.309 e. The lowest BCUT2D eigenvalue weighted by atomic mass is 10.2. The van der Waals surface area contributed by atoms with Crippen LogP contribution in [0, 0.1) is 0 Å². The van der Waals surface area contributed by atoms with Gasteiger partial charge in [0.15, 0.2) is 0 Å². The predicted octanol–water partition coefficient (Wildman–Crippen LogP) is 0.0338. The van der Waals surface area contributed by atoms with Gasteiger partial charge in [-0.3, -0.25) is 9.59 Å². The van der Waals surface area contributed by atoms with Gasteiger partial charge in [-0.1, -0.05) is 6.07 Å². The van der Waals surface area contributed by atoms with E-state index < -0.39 is 17.9 Å². The van der Waals surface area contributed by atoms with Crippen LogP contribution in [-0.4, -0.2) is 30.5 Å². The Morgan fingerprint density at radius 1 is 1.50 bits per heavy atom. The fraction of sp³-hybridized carbons (Fsp3) is 0.400. The fourth-order valence-corrected chi connectivity index (χ4v) is 1.89. The van der Waals surface area contributed by atoms with Crippen LogP contribution in [0.25, 0.3) is 0 Å². The summed E-state index contributed by atoms with van der Waals surface area (Å²) in [6.45, 7) is 0.269. The third-order valence-electron chi connectivity index (χ3n) is 2.01. The van der Waals surface area contributed by atoms with Crippen LogP contribution in [0.5, 0.6) is 0 Å². The molecule has 1 atom stereocenters. The summed E-state index contributed by atoms with van der Waals surface area (Å²) in [6, 6.07) is 3.68. The maximum absolute atomic E-state index is 11.0. The molecule has 2 amide bonds. The van der Waals surface area contributed by atoms with E-state index >= 15 is 0 Å². The van der Waals surface area contributed by atoms with Crippen molar-refractivity contribution in [2.45, 2.75) is 12.5 Å². The van der Waals surface area contributed by atoms with Crippen molar-refractivity contribution in [3.05, 3.63) is 22.4 Å². The normalized spacial score (nSPS) is 11.9. The molecule has 0 saturated carbocycles. The van der Waals surface area contributed by atoms with Crippen molar-refractivity contribution >= 4 is 23.2 Å². The third kappa shape index (κ3) is 3.63.